The highest BCUT2D eigenvalue weighted by molar-refractivity contribution is 5.18. The summed E-state index contributed by atoms with van der Waals surface area (Å²) < 4.78 is 5.05. The van der Waals surface area contributed by atoms with Crippen LogP contribution in [0.2, 0.25) is 0 Å². The van der Waals surface area contributed by atoms with E-state index in [1.54, 1.807) is 0 Å². The van der Waals surface area contributed by atoms with Crippen molar-refractivity contribution >= 4 is 0 Å². The molecule has 0 aromatic heterocycles. The van der Waals surface area contributed by atoms with Gasteiger partial charge in [-0.3, -0.25) is 0 Å². The van der Waals surface area contributed by atoms with Crippen LogP contribution in [0.25, 0.3) is 0 Å². The van der Waals surface area contributed by atoms with Gasteiger partial charge in [-0.1, -0.05) is 43.8 Å². The predicted molar refractivity (Wildman–Crippen MR) is 73.1 cm³/mol. The molecule has 1 N–H and O–H groups in total. The van der Waals surface area contributed by atoms with Crippen molar-refractivity contribution in [2.75, 3.05) is 19.7 Å². The number of benzene rings is 1. The number of rotatable bonds is 9. The van der Waals surface area contributed by atoms with Crippen LogP contribution in [0, 0.1) is 0 Å². The summed E-state index contributed by atoms with van der Waals surface area (Å²) in [5, 5.41) is 3.43. The van der Waals surface area contributed by atoms with E-state index < -0.39 is 0 Å². The van der Waals surface area contributed by atoms with Crippen molar-refractivity contribution < 1.29 is 4.74 Å². The van der Waals surface area contributed by atoms with Crippen LogP contribution in [0.1, 0.15) is 31.2 Å². The number of ether oxygens (including phenoxy) is 1. The van der Waals surface area contributed by atoms with Crippen LogP contribution in [0.3, 0.4) is 0 Å². The van der Waals surface area contributed by atoms with Crippen LogP contribution in [-0.4, -0.2) is 19.7 Å². The van der Waals surface area contributed by atoms with Gasteiger partial charge in [0, 0.05) is 0 Å². The SMILES string of the molecule is C=COCCCNCCC(C)c1ccccc1. The van der Waals surface area contributed by atoms with Gasteiger partial charge in [-0.15, -0.1) is 0 Å². The van der Waals surface area contributed by atoms with Crippen molar-refractivity contribution in [3.8, 4) is 0 Å². The molecule has 94 valence electrons. The Kier molecular flexibility index (Phi) is 7.15. The lowest BCUT2D eigenvalue weighted by Gasteiger charge is -2.12. The molecule has 1 atom stereocenters. The van der Waals surface area contributed by atoms with Crippen molar-refractivity contribution in [1.82, 2.24) is 5.32 Å². The molecule has 0 fully saturated rings. The minimum Gasteiger partial charge on any atom is -0.502 e. The number of hydrogen-bond donors (Lipinski definition) is 1. The molecule has 1 aromatic rings. The second-order valence-electron chi connectivity index (χ2n) is 4.24. The van der Waals surface area contributed by atoms with Crippen molar-refractivity contribution in [3.05, 3.63) is 48.7 Å². The fraction of sp³-hybridized carbons (Fsp3) is 0.467. The van der Waals surface area contributed by atoms with Gasteiger partial charge in [-0.25, -0.2) is 0 Å². The maximum Gasteiger partial charge on any atom is 0.0885 e. The smallest absolute Gasteiger partial charge is 0.0885 e. The highest BCUT2D eigenvalue weighted by atomic mass is 16.5. The van der Waals surface area contributed by atoms with Crippen LogP contribution in [0.5, 0.6) is 0 Å². The van der Waals surface area contributed by atoms with E-state index >= 15 is 0 Å². The Hall–Kier alpha value is -1.28. The van der Waals surface area contributed by atoms with E-state index in [-0.39, 0.29) is 0 Å². The minimum atomic E-state index is 0.619. The van der Waals surface area contributed by atoms with Gasteiger partial charge in [-0.2, -0.15) is 0 Å². The van der Waals surface area contributed by atoms with Crippen molar-refractivity contribution in [1.29, 1.82) is 0 Å². The molecule has 0 bridgehead atoms. The van der Waals surface area contributed by atoms with Gasteiger partial charge in [0.05, 0.1) is 12.9 Å². The summed E-state index contributed by atoms with van der Waals surface area (Å²) in [7, 11) is 0. The van der Waals surface area contributed by atoms with Crippen molar-refractivity contribution in [3.63, 3.8) is 0 Å². The minimum absolute atomic E-state index is 0.619. The van der Waals surface area contributed by atoms with Crippen LogP contribution in [0.4, 0.5) is 0 Å². The third-order valence-electron chi connectivity index (χ3n) is 2.86. The highest BCUT2D eigenvalue weighted by Crippen LogP contribution is 2.17. The molecule has 0 heterocycles. The summed E-state index contributed by atoms with van der Waals surface area (Å²) in [5.74, 6) is 0.619. The number of nitrogens with one attached hydrogen (secondary N) is 1. The molecule has 1 rings (SSSR count). The van der Waals surface area contributed by atoms with Gasteiger partial charge < -0.3 is 10.1 Å². The molecule has 2 heteroatoms. The lowest BCUT2D eigenvalue weighted by Crippen LogP contribution is -2.19. The van der Waals surface area contributed by atoms with E-state index in [1.807, 2.05) is 0 Å². The van der Waals surface area contributed by atoms with Crippen LogP contribution in [-0.2, 0) is 4.74 Å². The van der Waals surface area contributed by atoms with E-state index in [4.69, 9.17) is 4.74 Å². The summed E-state index contributed by atoms with van der Waals surface area (Å²) in [5.41, 5.74) is 1.42. The lowest BCUT2D eigenvalue weighted by molar-refractivity contribution is 0.244. The van der Waals surface area contributed by atoms with Gasteiger partial charge >= 0.3 is 0 Å². The first-order valence-electron chi connectivity index (χ1n) is 6.32. The molecular formula is C15H23NO. The summed E-state index contributed by atoms with van der Waals surface area (Å²) in [6, 6.07) is 10.7. The first-order chi connectivity index (χ1) is 8.34. The summed E-state index contributed by atoms with van der Waals surface area (Å²) in [6.45, 7) is 8.61. The van der Waals surface area contributed by atoms with Crippen molar-refractivity contribution in [2.24, 2.45) is 0 Å². The first kappa shape index (κ1) is 13.8. The van der Waals surface area contributed by atoms with Crippen molar-refractivity contribution in [2.45, 2.75) is 25.7 Å². The Balaban J connectivity index is 2.05. The van der Waals surface area contributed by atoms with E-state index in [0.717, 1.165) is 26.1 Å². The molecule has 0 saturated carbocycles. The molecule has 1 unspecified atom stereocenters. The zero-order valence-corrected chi connectivity index (χ0v) is 10.7. The van der Waals surface area contributed by atoms with Gasteiger partial charge in [-0.05, 0) is 37.4 Å². The Morgan fingerprint density at radius 1 is 1.29 bits per heavy atom. The first-order valence-corrected chi connectivity index (χ1v) is 6.32. The topological polar surface area (TPSA) is 21.3 Å². The standard InChI is InChI=1S/C15H23NO/c1-3-17-13-7-11-16-12-10-14(2)15-8-5-4-6-9-15/h3-6,8-9,14,16H,1,7,10-13H2,2H3. The quantitative estimate of drug-likeness (QED) is 0.522. The zero-order chi connectivity index (χ0) is 12.3. The average Bonchev–Trinajstić information content (AvgIpc) is 2.38. The van der Waals surface area contributed by atoms with Gasteiger partial charge in [0.2, 0.25) is 0 Å². The Labute approximate surface area is 105 Å². The van der Waals surface area contributed by atoms with E-state index in [9.17, 15) is 0 Å². The summed E-state index contributed by atoms with van der Waals surface area (Å²) >= 11 is 0. The second-order valence-corrected chi connectivity index (χ2v) is 4.24. The van der Waals surface area contributed by atoms with E-state index in [2.05, 4.69) is 49.2 Å². The highest BCUT2D eigenvalue weighted by Gasteiger charge is 2.03. The fourth-order valence-corrected chi connectivity index (χ4v) is 1.76. The van der Waals surface area contributed by atoms with Gasteiger partial charge in [0.15, 0.2) is 0 Å². The lowest BCUT2D eigenvalue weighted by atomic mass is 9.98. The predicted octanol–water partition coefficient (Wildman–Crippen LogP) is 3.32. The van der Waals surface area contributed by atoms with Gasteiger partial charge in [0.1, 0.15) is 0 Å². The largest absolute Gasteiger partial charge is 0.502 e. The normalized spacial score (nSPS) is 12.1. The maximum atomic E-state index is 5.05. The van der Waals surface area contributed by atoms with Crippen LogP contribution < -0.4 is 5.32 Å². The van der Waals surface area contributed by atoms with E-state index in [0.29, 0.717) is 5.92 Å². The van der Waals surface area contributed by atoms with Crippen LogP contribution in [0.15, 0.2) is 43.2 Å². The maximum absolute atomic E-state index is 5.05. The molecule has 0 amide bonds. The van der Waals surface area contributed by atoms with Gasteiger partial charge in [0.25, 0.3) is 0 Å². The third-order valence-corrected chi connectivity index (χ3v) is 2.86. The zero-order valence-electron chi connectivity index (χ0n) is 10.7. The fourth-order valence-electron chi connectivity index (χ4n) is 1.76. The van der Waals surface area contributed by atoms with E-state index in [1.165, 1.54) is 18.2 Å². The molecular weight excluding hydrogens is 210 g/mol. The molecule has 0 radical (unpaired) electrons. The molecule has 2 nitrogen and oxygen atoms in total. The molecule has 0 aliphatic rings. The Bertz CT molecular complexity index is 297. The third kappa shape index (κ3) is 6.12. The average molecular weight is 233 g/mol. The molecule has 0 saturated heterocycles. The summed E-state index contributed by atoms with van der Waals surface area (Å²) in [6.07, 6.45) is 3.70. The second kappa shape index (κ2) is 8.82. The van der Waals surface area contributed by atoms with Crippen LogP contribution >= 0.6 is 0 Å². The number of hydrogen-bond acceptors (Lipinski definition) is 2. The Morgan fingerprint density at radius 3 is 2.76 bits per heavy atom. The summed E-state index contributed by atoms with van der Waals surface area (Å²) in [4.78, 5) is 0. The molecule has 0 aliphatic heterocycles. The molecule has 0 aliphatic carbocycles. The molecule has 0 spiro atoms. The molecule has 17 heavy (non-hydrogen) atoms. The Morgan fingerprint density at radius 2 is 2.06 bits per heavy atom. The molecule has 1 aromatic carbocycles. The monoisotopic (exact) mass is 233 g/mol.